The molecule has 0 rings (SSSR count). The second-order valence-electron chi connectivity index (χ2n) is 8.63. The Bertz CT molecular complexity index is 416. The lowest BCUT2D eigenvalue weighted by molar-refractivity contribution is -0.139. The van der Waals surface area contributed by atoms with E-state index in [2.05, 4.69) is 39.3 Å². The molecule has 28 heavy (non-hydrogen) atoms. The van der Waals surface area contributed by atoms with E-state index in [1.165, 1.54) is 12.1 Å². The van der Waals surface area contributed by atoms with Crippen LogP contribution in [0.1, 0.15) is 19.8 Å². The van der Waals surface area contributed by atoms with Crippen LogP contribution in [0, 0.1) is 0 Å². The summed E-state index contributed by atoms with van der Waals surface area (Å²) in [5.41, 5.74) is 0. The predicted octanol–water partition coefficient (Wildman–Crippen LogP) is 3.49. The first-order chi connectivity index (χ1) is 13.0. The lowest BCUT2D eigenvalue weighted by Crippen LogP contribution is -2.43. The van der Waals surface area contributed by atoms with Crippen LogP contribution >= 0.6 is 0 Å². The van der Waals surface area contributed by atoms with Gasteiger partial charge in [0.25, 0.3) is 0 Å². The van der Waals surface area contributed by atoms with E-state index in [4.69, 9.17) is 23.1 Å². The first kappa shape index (κ1) is 27.7. The molecule has 0 saturated heterocycles. The Balaban J connectivity index is 3.64. The van der Waals surface area contributed by atoms with E-state index in [1.807, 2.05) is 0 Å². The average Bonchev–Trinajstić information content (AvgIpc) is 2.53. The summed E-state index contributed by atoms with van der Waals surface area (Å²) in [5.74, 6) is -0.264. The van der Waals surface area contributed by atoms with Gasteiger partial charge < -0.3 is 23.1 Å². The lowest BCUT2D eigenvalue weighted by Gasteiger charge is -2.31. The molecule has 0 bridgehead atoms. The van der Waals surface area contributed by atoms with Crippen LogP contribution in [0.15, 0.2) is 12.2 Å². The van der Waals surface area contributed by atoms with Gasteiger partial charge in [-0.3, -0.25) is 0 Å². The van der Waals surface area contributed by atoms with Crippen molar-refractivity contribution in [2.24, 2.45) is 0 Å². The number of hydrogen-bond acceptors (Lipinski definition) is 6. The fourth-order valence-corrected chi connectivity index (χ4v) is 8.84. The van der Waals surface area contributed by atoms with E-state index >= 15 is 0 Å². The molecular formula is C19H42O6Si3. The van der Waals surface area contributed by atoms with Gasteiger partial charge in [0.15, 0.2) is 16.6 Å². The Hall–Kier alpha value is -0.299. The smallest absolute Gasteiger partial charge is 0.330 e. The van der Waals surface area contributed by atoms with Crippen LogP contribution in [0.25, 0.3) is 0 Å². The summed E-state index contributed by atoms with van der Waals surface area (Å²) in [4.78, 5) is 11.1. The molecule has 0 aliphatic carbocycles. The lowest BCUT2D eigenvalue weighted by atomic mass is 10.5. The van der Waals surface area contributed by atoms with Crippen molar-refractivity contribution in [3.63, 3.8) is 0 Å². The highest BCUT2D eigenvalue weighted by atomic mass is 28.4. The van der Waals surface area contributed by atoms with Gasteiger partial charge in [0, 0.05) is 25.9 Å². The number of allylic oxidation sites excluding steroid dienone is 1. The summed E-state index contributed by atoms with van der Waals surface area (Å²) >= 11 is 0. The molecule has 166 valence electrons. The third kappa shape index (κ3) is 20.4. The van der Waals surface area contributed by atoms with Gasteiger partial charge in [0.2, 0.25) is 0 Å². The molecule has 0 aliphatic rings. The van der Waals surface area contributed by atoms with Crippen LogP contribution in [-0.2, 0) is 27.9 Å². The van der Waals surface area contributed by atoms with Crippen molar-refractivity contribution in [2.75, 3.05) is 33.0 Å². The summed E-state index contributed by atoms with van der Waals surface area (Å²) in [6.07, 6.45) is 4.96. The predicted molar refractivity (Wildman–Crippen MR) is 123 cm³/mol. The van der Waals surface area contributed by atoms with E-state index in [0.29, 0.717) is 19.8 Å². The van der Waals surface area contributed by atoms with Crippen molar-refractivity contribution < 1.29 is 27.9 Å². The maximum absolute atomic E-state index is 11.1. The number of hydrogen-bond donors (Lipinski definition) is 0. The van der Waals surface area contributed by atoms with Gasteiger partial charge in [-0.1, -0.05) is 12.1 Å². The molecule has 0 radical (unpaired) electrons. The van der Waals surface area contributed by atoms with E-state index in [1.54, 1.807) is 13.0 Å². The fourth-order valence-electron chi connectivity index (χ4n) is 2.30. The van der Waals surface area contributed by atoms with Gasteiger partial charge in [0.05, 0.1) is 16.1 Å². The quantitative estimate of drug-likeness (QED) is 0.111. The van der Waals surface area contributed by atoms with Gasteiger partial charge >= 0.3 is 5.97 Å². The Morgan fingerprint density at radius 3 is 1.93 bits per heavy atom. The minimum atomic E-state index is -1.58. The van der Waals surface area contributed by atoms with Crippen LogP contribution in [0.4, 0.5) is 0 Å². The van der Waals surface area contributed by atoms with Crippen LogP contribution < -0.4 is 0 Å². The molecule has 0 saturated carbocycles. The summed E-state index contributed by atoms with van der Waals surface area (Å²) in [7, 11) is -3.57. The van der Waals surface area contributed by atoms with Crippen LogP contribution in [0.3, 0.4) is 0 Å². The second-order valence-corrected chi connectivity index (χ2v) is 19.5. The monoisotopic (exact) mass is 450 g/mol. The van der Waals surface area contributed by atoms with E-state index in [0.717, 1.165) is 19.4 Å². The van der Waals surface area contributed by atoms with E-state index < -0.39 is 26.2 Å². The molecule has 6 nitrogen and oxygen atoms in total. The number of esters is 1. The standard InChI is InChI=1S/C19H42O6Si3/c1-8-11-18(20)23-16-15-22-13-9-12-21-14-10-17-26-19(24-27(2,3)4)25-28(5,6)7/h8,11,19H,9-10,12-17,26H2,1-7H3. The second kappa shape index (κ2) is 15.5. The first-order valence-corrected chi connectivity index (χ1v) is 19.0. The SMILES string of the molecule is CC=CC(=O)OCCOCCCOCCC[SiH2]C(O[Si](C)(C)C)O[Si](C)(C)C. The molecule has 0 fully saturated rings. The maximum Gasteiger partial charge on any atom is 0.330 e. The molecule has 0 aromatic carbocycles. The molecule has 0 heterocycles. The number of carbonyl (C=O) groups excluding carboxylic acids is 1. The highest BCUT2D eigenvalue weighted by Crippen LogP contribution is 2.14. The number of ether oxygens (including phenoxy) is 3. The zero-order valence-electron chi connectivity index (χ0n) is 19.0. The maximum atomic E-state index is 11.1. The van der Waals surface area contributed by atoms with Gasteiger partial charge in [-0.05, 0) is 59.0 Å². The highest BCUT2D eigenvalue weighted by molar-refractivity contribution is 6.71. The number of carbonyl (C=O) groups is 1. The van der Waals surface area contributed by atoms with Crippen LogP contribution in [0.2, 0.25) is 45.3 Å². The highest BCUT2D eigenvalue weighted by Gasteiger charge is 2.26. The topological polar surface area (TPSA) is 63.2 Å². The molecule has 0 aliphatic heterocycles. The van der Waals surface area contributed by atoms with E-state index in [9.17, 15) is 4.79 Å². The Labute approximate surface area is 176 Å². The molecule has 0 aromatic rings. The fraction of sp³-hybridized carbons (Fsp3) is 0.842. The average molecular weight is 451 g/mol. The van der Waals surface area contributed by atoms with Gasteiger partial charge in [-0.2, -0.15) is 0 Å². The molecule has 0 atom stereocenters. The zero-order valence-corrected chi connectivity index (χ0v) is 22.5. The summed E-state index contributed by atoms with van der Waals surface area (Å²) in [5, 5.41) is 0. The Morgan fingerprint density at radius 2 is 1.39 bits per heavy atom. The molecule has 0 N–H and O–H groups in total. The minimum absolute atomic E-state index is 0.0636. The molecule has 0 unspecified atom stereocenters. The van der Waals surface area contributed by atoms with E-state index in [-0.39, 0.29) is 18.5 Å². The third-order valence-electron chi connectivity index (χ3n) is 3.30. The van der Waals surface area contributed by atoms with Crippen molar-refractivity contribution >= 4 is 32.1 Å². The Kier molecular flexibility index (Phi) is 15.4. The molecule has 9 heteroatoms. The summed E-state index contributed by atoms with van der Waals surface area (Å²) in [6.45, 7) is 17.9. The number of rotatable bonds is 17. The molecular weight excluding hydrogens is 408 g/mol. The van der Waals surface area contributed by atoms with Crippen molar-refractivity contribution in [2.45, 2.75) is 71.0 Å². The van der Waals surface area contributed by atoms with Crippen molar-refractivity contribution in [1.29, 1.82) is 0 Å². The molecule has 0 spiro atoms. The van der Waals surface area contributed by atoms with Crippen molar-refractivity contribution in [1.82, 2.24) is 0 Å². The Morgan fingerprint density at radius 1 is 0.857 bits per heavy atom. The first-order valence-electron chi connectivity index (χ1n) is 10.3. The third-order valence-corrected chi connectivity index (χ3v) is 7.62. The van der Waals surface area contributed by atoms with Crippen LogP contribution in [-0.4, -0.2) is 71.1 Å². The minimum Gasteiger partial charge on any atom is -0.460 e. The summed E-state index contributed by atoms with van der Waals surface area (Å²) in [6, 6.07) is 1.17. The van der Waals surface area contributed by atoms with Crippen LogP contribution in [0.5, 0.6) is 0 Å². The van der Waals surface area contributed by atoms with Gasteiger partial charge in [0.1, 0.15) is 12.5 Å². The van der Waals surface area contributed by atoms with Crippen molar-refractivity contribution in [3.05, 3.63) is 12.2 Å². The zero-order chi connectivity index (χ0) is 21.5. The largest absolute Gasteiger partial charge is 0.460 e. The molecule has 0 amide bonds. The normalized spacial score (nSPS) is 13.3. The molecule has 0 aromatic heterocycles. The van der Waals surface area contributed by atoms with Crippen molar-refractivity contribution in [3.8, 4) is 0 Å². The van der Waals surface area contributed by atoms with Gasteiger partial charge in [-0.15, -0.1) is 0 Å². The summed E-state index contributed by atoms with van der Waals surface area (Å²) < 4.78 is 28.5. The van der Waals surface area contributed by atoms with Gasteiger partial charge in [-0.25, -0.2) is 4.79 Å².